The van der Waals surface area contributed by atoms with E-state index in [-0.39, 0.29) is 29.7 Å². The van der Waals surface area contributed by atoms with Gasteiger partial charge in [-0.05, 0) is 57.4 Å². The lowest BCUT2D eigenvalue weighted by atomic mass is 9.79. The Balaban J connectivity index is 1.23. The molecule has 2 N–H and O–H groups in total. The van der Waals surface area contributed by atoms with Crippen LogP contribution >= 0.6 is 0 Å². The zero-order chi connectivity index (χ0) is 31.9. The first-order valence-electron chi connectivity index (χ1n) is 16.3. The molecular formula is C33H47F2N7O3. The number of halogens is 2. The molecule has 1 aromatic rings. The number of ether oxygens (including phenoxy) is 2. The third-order valence-corrected chi connectivity index (χ3v) is 10.5. The van der Waals surface area contributed by atoms with E-state index >= 15 is 0 Å². The Morgan fingerprint density at radius 2 is 2.02 bits per heavy atom. The van der Waals surface area contributed by atoms with Crippen molar-refractivity contribution in [2.45, 2.75) is 82.1 Å². The van der Waals surface area contributed by atoms with Crippen molar-refractivity contribution in [3.05, 3.63) is 41.8 Å². The molecule has 246 valence electrons. The third-order valence-electron chi connectivity index (χ3n) is 10.5. The van der Waals surface area contributed by atoms with Crippen LogP contribution in [0.3, 0.4) is 0 Å². The zero-order valence-corrected chi connectivity index (χ0v) is 26.8. The lowest BCUT2D eigenvalue weighted by Gasteiger charge is -2.55. The summed E-state index contributed by atoms with van der Waals surface area (Å²) in [5.74, 6) is 0.579. The monoisotopic (exact) mass is 627 g/mol. The second kappa shape index (κ2) is 13.0. The molecule has 0 radical (unpaired) electrons. The molecule has 5 aliphatic rings. The number of piperidine rings is 1. The molecule has 3 unspecified atom stereocenters. The molecule has 12 heteroatoms. The van der Waals surface area contributed by atoms with Crippen molar-refractivity contribution < 1.29 is 23.0 Å². The molecule has 5 aliphatic heterocycles. The molecule has 1 spiro atoms. The van der Waals surface area contributed by atoms with E-state index in [4.69, 9.17) is 20.2 Å². The summed E-state index contributed by atoms with van der Waals surface area (Å²) in [6.07, 6.45) is 4.00. The van der Waals surface area contributed by atoms with Gasteiger partial charge in [-0.3, -0.25) is 14.7 Å². The van der Waals surface area contributed by atoms with Crippen LogP contribution in [-0.2, 0) is 20.7 Å². The van der Waals surface area contributed by atoms with Crippen LogP contribution in [-0.4, -0.2) is 116 Å². The van der Waals surface area contributed by atoms with Crippen LogP contribution < -0.4 is 15.5 Å². The van der Waals surface area contributed by atoms with Gasteiger partial charge in [0.25, 0.3) is 6.43 Å². The summed E-state index contributed by atoms with van der Waals surface area (Å²) in [5.41, 5.74) is 8.61. The number of carbonyl (C=O) groups is 1. The Morgan fingerprint density at radius 3 is 2.69 bits per heavy atom. The van der Waals surface area contributed by atoms with E-state index in [1.807, 2.05) is 11.8 Å². The molecule has 0 aromatic carbocycles. The van der Waals surface area contributed by atoms with Crippen LogP contribution in [0.5, 0.6) is 0 Å². The number of pyridine rings is 1. The highest BCUT2D eigenvalue weighted by Gasteiger charge is 2.48. The third kappa shape index (κ3) is 5.85. The smallest absolute Gasteiger partial charge is 0.280 e. The SMILES string of the molecule is C=CC(=O)N1CCN(C2CN3c4cc(N5CC[C@]6(C[C@H]5C)OCC(COC)N=C6/C(C)=C\N)nc(C(F)F)c4CCCC23)CC1. The fraction of sp³-hybridized carbons (Fsp3) is 0.667. The number of alkyl halides is 2. The van der Waals surface area contributed by atoms with Crippen molar-refractivity contribution in [2.24, 2.45) is 10.7 Å². The number of hydrogen-bond donors (Lipinski definition) is 1. The fourth-order valence-electron chi connectivity index (χ4n) is 8.18. The van der Waals surface area contributed by atoms with Crippen molar-refractivity contribution in [1.29, 1.82) is 0 Å². The number of hydrogen-bond acceptors (Lipinski definition) is 9. The van der Waals surface area contributed by atoms with Crippen molar-refractivity contribution >= 4 is 23.1 Å². The van der Waals surface area contributed by atoms with Gasteiger partial charge in [0.05, 0.1) is 25.0 Å². The molecule has 0 saturated carbocycles. The molecule has 6 heterocycles. The summed E-state index contributed by atoms with van der Waals surface area (Å²) in [7, 11) is 1.66. The largest absolute Gasteiger partial charge is 0.404 e. The van der Waals surface area contributed by atoms with E-state index in [1.165, 1.54) is 6.08 Å². The van der Waals surface area contributed by atoms with E-state index in [2.05, 4.69) is 39.3 Å². The molecular weight excluding hydrogens is 580 g/mol. The lowest BCUT2D eigenvalue weighted by Crippen LogP contribution is -2.69. The van der Waals surface area contributed by atoms with E-state index in [9.17, 15) is 13.6 Å². The van der Waals surface area contributed by atoms with Crippen molar-refractivity contribution in [1.82, 2.24) is 14.8 Å². The molecule has 45 heavy (non-hydrogen) atoms. The van der Waals surface area contributed by atoms with Crippen LogP contribution in [0.25, 0.3) is 0 Å². The number of anilines is 2. The Labute approximate surface area is 264 Å². The van der Waals surface area contributed by atoms with Crippen LogP contribution in [0.15, 0.2) is 35.5 Å². The van der Waals surface area contributed by atoms with E-state index in [0.29, 0.717) is 69.5 Å². The Kier molecular flexibility index (Phi) is 9.18. The number of aromatic nitrogens is 1. The standard InChI is InChI=1S/C33H47F2N7O3/c1-5-29(43)40-13-11-39(12-14-40)27-18-42-25(27)8-6-7-24-26(42)15-28(38-30(24)32(34)35)41-10-9-33(16-22(41)3)31(21(2)17-36)37-23(19-44-4)20-45-33/h5,15,17,22-23,25,27,32H,1,6-14,16,18-20,36H2,2-4H3/b21-17-/t22-,23?,25?,27?,33-/m1/s1. The minimum absolute atomic E-state index is 0.0227. The van der Waals surface area contributed by atoms with E-state index in [1.54, 1.807) is 13.3 Å². The van der Waals surface area contributed by atoms with E-state index in [0.717, 1.165) is 49.4 Å². The van der Waals surface area contributed by atoms with Gasteiger partial charge in [-0.25, -0.2) is 13.8 Å². The highest BCUT2D eigenvalue weighted by atomic mass is 19.3. The number of rotatable bonds is 7. The zero-order valence-electron chi connectivity index (χ0n) is 26.8. The predicted molar refractivity (Wildman–Crippen MR) is 171 cm³/mol. The molecule has 6 rings (SSSR count). The van der Waals surface area contributed by atoms with Gasteiger partial charge in [0.1, 0.15) is 17.1 Å². The number of methoxy groups -OCH3 is 1. The Morgan fingerprint density at radius 1 is 1.24 bits per heavy atom. The minimum Gasteiger partial charge on any atom is -0.404 e. The molecule has 3 saturated heterocycles. The Hall–Kier alpha value is -3.09. The van der Waals surface area contributed by atoms with Crippen molar-refractivity contribution in [3.8, 4) is 0 Å². The number of aliphatic imine (C=N–C) groups is 1. The molecule has 5 atom stereocenters. The molecule has 3 fully saturated rings. The number of nitrogens with two attached hydrogens (primary N) is 1. The van der Waals surface area contributed by atoms with Gasteiger partial charge >= 0.3 is 0 Å². The van der Waals surface area contributed by atoms with Crippen LogP contribution in [0.4, 0.5) is 20.3 Å². The number of fused-ring (bicyclic) bond motifs is 3. The van der Waals surface area contributed by atoms with Crippen molar-refractivity contribution in [2.75, 3.05) is 69.4 Å². The fourth-order valence-corrected chi connectivity index (χ4v) is 8.18. The van der Waals surface area contributed by atoms with Crippen molar-refractivity contribution in [3.63, 3.8) is 0 Å². The van der Waals surface area contributed by atoms with Gasteiger partial charge in [-0.1, -0.05) is 6.58 Å². The topological polar surface area (TPSA) is 99.8 Å². The highest BCUT2D eigenvalue weighted by Crippen LogP contribution is 2.45. The van der Waals surface area contributed by atoms with Gasteiger partial charge in [-0.2, -0.15) is 0 Å². The van der Waals surface area contributed by atoms with Gasteiger partial charge < -0.3 is 29.9 Å². The van der Waals surface area contributed by atoms with Gasteiger partial charge in [-0.15, -0.1) is 0 Å². The van der Waals surface area contributed by atoms with Gasteiger partial charge in [0, 0.05) is 88.2 Å². The molecule has 1 aromatic heterocycles. The average molecular weight is 628 g/mol. The summed E-state index contributed by atoms with van der Waals surface area (Å²) < 4.78 is 41.1. The first-order chi connectivity index (χ1) is 21.7. The summed E-state index contributed by atoms with van der Waals surface area (Å²) in [5, 5.41) is 0. The predicted octanol–water partition coefficient (Wildman–Crippen LogP) is 3.32. The first-order valence-corrected chi connectivity index (χ1v) is 16.3. The number of carbonyl (C=O) groups excluding carboxylic acids is 1. The molecule has 0 bridgehead atoms. The minimum atomic E-state index is -2.65. The van der Waals surface area contributed by atoms with Crippen LogP contribution in [0, 0.1) is 0 Å². The lowest BCUT2D eigenvalue weighted by molar-refractivity contribution is -0.128. The quantitative estimate of drug-likeness (QED) is 0.460. The average Bonchev–Trinajstić information content (AvgIpc) is 3.17. The maximum absolute atomic E-state index is 14.6. The summed E-state index contributed by atoms with van der Waals surface area (Å²) in [6.45, 7) is 13.0. The highest BCUT2D eigenvalue weighted by molar-refractivity contribution is 6.06. The van der Waals surface area contributed by atoms with Gasteiger partial charge in [0.15, 0.2) is 0 Å². The summed E-state index contributed by atoms with van der Waals surface area (Å²) >= 11 is 0. The maximum atomic E-state index is 14.6. The molecule has 10 nitrogen and oxygen atoms in total. The van der Waals surface area contributed by atoms with Crippen LogP contribution in [0.2, 0.25) is 0 Å². The molecule has 0 aliphatic carbocycles. The second-order valence-electron chi connectivity index (χ2n) is 13.1. The first kappa shape index (κ1) is 31.9. The number of nitrogens with zero attached hydrogens (tertiary/aromatic N) is 6. The van der Waals surface area contributed by atoms with E-state index < -0.39 is 12.0 Å². The second-order valence-corrected chi connectivity index (χ2v) is 13.1. The molecule has 1 amide bonds. The Bertz CT molecular complexity index is 1350. The summed E-state index contributed by atoms with van der Waals surface area (Å²) in [4.78, 5) is 30.5. The number of piperazine rings is 1. The van der Waals surface area contributed by atoms with Crippen LogP contribution in [0.1, 0.15) is 57.2 Å². The normalized spacial score (nSPS) is 30.8. The summed E-state index contributed by atoms with van der Waals surface area (Å²) in [6, 6.07) is 2.55. The number of amides is 1. The maximum Gasteiger partial charge on any atom is 0.280 e. The van der Waals surface area contributed by atoms with Gasteiger partial charge in [0.2, 0.25) is 5.91 Å².